The normalized spacial score (nSPS) is 17.6. The van der Waals surface area contributed by atoms with E-state index in [1.807, 2.05) is 24.3 Å². The molecule has 1 aromatic carbocycles. The second-order valence-electron chi connectivity index (χ2n) is 6.25. The third-order valence-corrected chi connectivity index (χ3v) is 4.50. The number of fused-ring (bicyclic) bond motifs is 1. The minimum absolute atomic E-state index is 0.0538. The van der Waals surface area contributed by atoms with Crippen molar-refractivity contribution in [1.29, 1.82) is 0 Å². The van der Waals surface area contributed by atoms with Crippen LogP contribution in [0.15, 0.2) is 42.7 Å². The van der Waals surface area contributed by atoms with Crippen LogP contribution in [-0.4, -0.2) is 38.9 Å². The number of aromatic amines is 1. The quantitative estimate of drug-likeness (QED) is 0.760. The first-order valence-corrected chi connectivity index (χ1v) is 8.53. The number of nitrogens with one attached hydrogen (secondary N) is 2. The number of anilines is 1. The molecule has 3 aromatic rings. The van der Waals surface area contributed by atoms with Crippen molar-refractivity contribution in [3.63, 3.8) is 0 Å². The van der Waals surface area contributed by atoms with Gasteiger partial charge >= 0.3 is 0 Å². The SMILES string of the molecule is O=C(NCc1nc2ccccc2[nH]1)C1CCCN(c2ncccn2)C1. The summed E-state index contributed by atoms with van der Waals surface area (Å²) >= 11 is 0. The predicted octanol–water partition coefficient (Wildman–Crippen LogP) is 1.89. The summed E-state index contributed by atoms with van der Waals surface area (Å²) in [5, 5.41) is 3.00. The van der Waals surface area contributed by atoms with Crippen LogP contribution in [0.25, 0.3) is 11.0 Å². The van der Waals surface area contributed by atoms with Gasteiger partial charge in [0.1, 0.15) is 5.82 Å². The Bertz CT molecular complexity index is 829. The fourth-order valence-corrected chi connectivity index (χ4v) is 3.23. The second kappa shape index (κ2) is 6.88. The Morgan fingerprint density at radius 2 is 2.08 bits per heavy atom. The van der Waals surface area contributed by atoms with Crippen LogP contribution in [0.2, 0.25) is 0 Å². The Morgan fingerprint density at radius 3 is 2.92 bits per heavy atom. The molecule has 2 N–H and O–H groups in total. The van der Waals surface area contributed by atoms with Gasteiger partial charge in [0.15, 0.2) is 0 Å². The minimum atomic E-state index is -0.0538. The van der Waals surface area contributed by atoms with Crippen LogP contribution in [-0.2, 0) is 11.3 Å². The number of H-pyrrole nitrogens is 1. The molecule has 1 aliphatic heterocycles. The van der Waals surface area contributed by atoms with Crippen LogP contribution in [0.3, 0.4) is 0 Å². The number of benzene rings is 1. The van der Waals surface area contributed by atoms with Gasteiger partial charge in [0.25, 0.3) is 0 Å². The molecule has 1 atom stereocenters. The van der Waals surface area contributed by atoms with Crippen LogP contribution in [0.5, 0.6) is 0 Å². The van der Waals surface area contributed by atoms with Crippen molar-refractivity contribution in [2.45, 2.75) is 19.4 Å². The van der Waals surface area contributed by atoms with E-state index < -0.39 is 0 Å². The van der Waals surface area contributed by atoms with Crippen LogP contribution < -0.4 is 10.2 Å². The van der Waals surface area contributed by atoms with E-state index in [-0.39, 0.29) is 11.8 Å². The van der Waals surface area contributed by atoms with Crippen LogP contribution in [0.1, 0.15) is 18.7 Å². The smallest absolute Gasteiger partial charge is 0.225 e. The van der Waals surface area contributed by atoms with Gasteiger partial charge in [-0.05, 0) is 31.0 Å². The van der Waals surface area contributed by atoms with Gasteiger partial charge in [-0.1, -0.05) is 12.1 Å². The highest BCUT2D eigenvalue weighted by Gasteiger charge is 2.27. The molecule has 0 bridgehead atoms. The molecule has 7 nitrogen and oxygen atoms in total. The lowest BCUT2D eigenvalue weighted by Crippen LogP contribution is -2.43. The molecule has 1 fully saturated rings. The maximum absolute atomic E-state index is 12.5. The number of piperidine rings is 1. The molecule has 1 aliphatic rings. The summed E-state index contributed by atoms with van der Waals surface area (Å²) in [6.07, 6.45) is 5.30. The van der Waals surface area contributed by atoms with E-state index >= 15 is 0 Å². The zero-order valence-corrected chi connectivity index (χ0v) is 13.9. The number of amides is 1. The third-order valence-electron chi connectivity index (χ3n) is 4.50. The molecule has 1 saturated heterocycles. The number of rotatable bonds is 4. The Kier molecular flexibility index (Phi) is 4.28. The van der Waals surface area contributed by atoms with E-state index in [1.165, 1.54) is 0 Å². The molecule has 0 radical (unpaired) electrons. The summed E-state index contributed by atoms with van der Waals surface area (Å²) in [6, 6.07) is 9.65. The standard InChI is InChI=1S/C18H20N6O/c25-17(21-11-16-22-14-6-1-2-7-15(14)23-16)13-5-3-10-24(12-13)18-19-8-4-9-20-18/h1-2,4,6-9,13H,3,5,10-12H2,(H,21,25)(H,22,23). The fourth-order valence-electron chi connectivity index (χ4n) is 3.23. The molecule has 1 amide bonds. The first-order valence-electron chi connectivity index (χ1n) is 8.53. The maximum atomic E-state index is 12.5. The van der Waals surface area contributed by atoms with Gasteiger partial charge in [0, 0.05) is 25.5 Å². The molecule has 2 aromatic heterocycles. The van der Waals surface area contributed by atoms with Crippen molar-refractivity contribution >= 4 is 22.9 Å². The Labute approximate surface area is 145 Å². The Hall–Kier alpha value is -2.96. The van der Waals surface area contributed by atoms with E-state index in [0.29, 0.717) is 19.0 Å². The van der Waals surface area contributed by atoms with E-state index in [1.54, 1.807) is 18.5 Å². The van der Waals surface area contributed by atoms with Gasteiger partial charge < -0.3 is 15.2 Å². The molecule has 0 saturated carbocycles. The largest absolute Gasteiger partial charge is 0.349 e. The number of carbonyl (C=O) groups excluding carboxylic acids is 1. The van der Waals surface area contributed by atoms with Gasteiger partial charge in [0.2, 0.25) is 11.9 Å². The van der Waals surface area contributed by atoms with Gasteiger partial charge in [-0.25, -0.2) is 15.0 Å². The zero-order chi connectivity index (χ0) is 17.1. The predicted molar refractivity (Wildman–Crippen MR) is 94.9 cm³/mol. The summed E-state index contributed by atoms with van der Waals surface area (Å²) in [6.45, 7) is 1.94. The molecule has 25 heavy (non-hydrogen) atoms. The lowest BCUT2D eigenvalue weighted by molar-refractivity contribution is -0.125. The number of aromatic nitrogens is 4. The van der Waals surface area contributed by atoms with Crippen molar-refractivity contribution in [3.8, 4) is 0 Å². The molecule has 4 rings (SSSR count). The van der Waals surface area contributed by atoms with Gasteiger partial charge in [-0.3, -0.25) is 4.79 Å². The molecule has 3 heterocycles. The van der Waals surface area contributed by atoms with Gasteiger partial charge in [-0.2, -0.15) is 0 Å². The second-order valence-corrected chi connectivity index (χ2v) is 6.25. The molecule has 7 heteroatoms. The highest BCUT2D eigenvalue weighted by atomic mass is 16.1. The summed E-state index contributed by atoms with van der Waals surface area (Å²) < 4.78 is 0. The van der Waals surface area contributed by atoms with E-state index in [4.69, 9.17) is 0 Å². The van der Waals surface area contributed by atoms with Crippen molar-refractivity contribution in [1.82, 2.24) is 25.3 Å². The average Bonchev–Trinajstić information content (AvgIpc) is 3.10. The van der Waals surface area contributed by atoms with Crippen molar-refractivity contribution in [2.75, 3.05) is 18.0 Å². The molecule has 0 aliphatic carbocycles. The monoisotopic (exact) mass is 336 g/mol. The number of nitrogens with zero attached hydrogens (tertiary/aromatic N) is 4. The molecule has 0 spiro atoms. The molecule has 128 valence electrons. The number of para-hydroxylation sites is 2. The highest BCUT2D eigenvalue weighted by Crippen LogP contribution is 2.20. The van der Waals surface area contributed by atoms with Gasteiger partial charge in [0.05, 0.1) is 23.5 Å². The van der Waals surface area contributed by atoms with Crippen molar-refractivity contribution in [2.24, 2.45) is 5.92 Å². The fraction of sp³-hybridized carbons (Fsp3) is 0.333. The number of imidazole rings is 1. The lowest BCUT2D eigenvalue weighted by atomic mass is 9.97. The van der Waals surface area contributed by atoms with Crippen LogP contribution in [0.4, 0.5) is 5.95 Å². The molecule has 1 unspecified atom stereocenters. The summed E-state index contributed by atoms with van der Waals surface area (Å²) in [7, 11) is 0. The summed E-state index contributed by atoms with van der Waals surface area (Å²) in [5.41, 5.74) is 1.90. The first-order chi connectivity index (χ1) is 12.3. The first kappa shape index (κ1) is 15.6. The highest BCUT2D eigenvalue weighted by molar-refractivity contribution is 5.79. The van der Waals surface area contributed by atoms with E-state index in [2.05, 4.69) is 30.2 Å². The Morgan fingerprint density at radius 1 is 1.24 bits per heavy atom. The number of carbonyl (C=O) groups is 1. The molecular formula is C18H20N6O. The van der Waals surface area contributed by atoms with Crippen LogP contribution in [0, 0.1) is 5.92 Å². The number of hydrogen-bond acceptors (Lipinski definition) is 5. The molecular weight excluding hydrogens is 316 g/mol. The maximum Gasteiger partial charge on any atom is 0.225 e. The lowest BCUT2D eigenvalue weighted by Gasteiger charge is -2.31. The van der Waals surface area contributed by atoms with Crippen molar-refractivity contribution in [3.05, 3.63) is 48.5 Å². The number of hydrogen-bond donors (Lipinski definition) is 2. The minimum Gasteiger partial charge on any atom is -0.349 e. The van der Waals surface area contributed by atoms with Gasteiger partial charge in [-0.15, -0.1) is 0 Å². The van der Waals surface area contributed by atoms with Crippen molar-refractivity contribution < 1.29 is 4.79 Å². The van der Waals surface area contributed by atoms with E-state index in [9.17, 15) is 4.79 Å². The Balaban J connectivity index is 1.37. The summed E-state index contributed by atoms with van der Waals surface area (Å²) in [4.78, 5) is 30.9. The topological polar surface area (TPSA) is 86.8 Å². The zero-order valence-electron chi connectivity index (χ0n) is 13.9. The van der Waals surface area contributed by atoms with E-state index in [0.717, 1.165) is 36.2 Å². The third kappa shape index (κ3) is 3.45. The van der Waals surface area contributed by atoms with Crippen LogP contribution >= 0.6 is 0 Å². The average molecular weight is 336 g/mol. The summed E-state index contributed by atoms with van der Waals surface area (Å²) in [5.74, 6) is 1.47.